The van der Waals surface area contributed by atoms with E-state index in [4.69, 9.17) is 4.74 Å². The molecular formula is C26H29N3O4. The van der Waals surface area contributed by atoms with Gasteiger partial charge >= 0.3 is 0 Å². The number of imide groups is 1. The summed E-state index contributed by atoms with van der Waals surface area (Å²) in [5.41, 5.74) is 1.58. The van der Waals surface area contributed by atoms with Gasteiger partial charge in [-0.05, 0) is 88.2 Å². The minimum atomic E-state index is -0.399. The maximum Gasteiger partial charge on any atom is 0.266 e. The Labute approximate surface area is 193 Å². The van der Waals surface area contributed by atoms with Crippen molar-refractivity contribution >= 4 is 23.4 Å². The Hall–Kier alpha value is -3.19. The number of hydrogen-bond acceptors (Lipinski definition) is 5. The molecule has 0 spiro atoms. The van der Waals surface area contributed by atoms with Crippen LogP contribution in [-0.4, -0.2) is 66.3 Å². The van der Waals surface area contributed by atoms with Gasteiger partial charge in [-0.1, -0.05) is 0 Å². The van der Waals surface area contributed by atoms with Crippen LogP contribution in [0.3, 0.4) is 0 Å². The average Bonchev–Trinajstić information content (AvgIpc) is 3.56. The van der Waals surface area contributed by atoms with Gasteiger partial charge in [-0.2, -0.15) is 0 Å². The number of carbonyl (C=O) groups is 3. The smallest absolute Gasteiger partial charge is 0.266 e. The Balaban J connectivity index is 1.35. The first-order valence-electron chi connectivity index (χ1n) is 11.9. The standard InChI is InChI=1S/C26H29N3O4/c1-2-33-21-10-8-19(9-11-21)29-25(31)22-12-7-18(16-23(22)26(29)32)24(30)28-15-5-6-20(28)17-27-13-3-4-14-27/h7-12,16,20H,2-6,13-15,17H2,1H3. The van der Waals surface area contributed by atoms with Crippen LogP contribution in [0.4, 0.5) is 5.69 Å². The molecule has 0 bridgehead atoms. The van der Waals surface area contributed by atoms with Crippen molar-refractivity contribution in [3.8, 4) is 5.75 Å². The van der Waals surface area contributed by atoms with Gasteiger partial charge in [-0.15, -0.1) is 0 Å². The molecule has 2 saturated heterocycles. The average molecular weight is 448 g/mol. The number of nitrogens with zero attached hydrogens (tertiary/aromatic N) is 3. The molecule has 3 amide bonds. The Bertz CT molecular complexity index is 1080. The maximum atomic E-state index is 13.4. The van der Waals surface area contributed by atoms with E-state index in [9.17, 15) is 14.4 Å². The van der Waals surface area contributed by atoms with Crippen molar-refractivity contribution < 1.29 is 19.1 Å². The van der Waals surface area contributed by atoms with E-state index >= 15 is 0 Å². The molecule has 7 heteroatoms. The first kappa shape index (κ1) is 21.6. The number of ether oxygens (including phenoxy) is 1. The summed E-state index contributed by atoms with van der Waals surface area (Å²) in [5, 5.41) is 0. The van der Waals surface area contributed by atoms with Crippen molar-refractivity contribution in [2.75, 3.05) is 37.7 Å². The Morgan fingerprint density at radius 3 is 2.39 bits per heavy atom. The van der Waals surface area contributed by atoms with E-state index in [2.05, 4.69) is 4.90 Å². The number of rotatable bonds is 6. The first-order chi connectivity index (χ1) is 16.1. The molecular weight excluding hydrogens is 418 g/mol. The maximum absolute atomic E-state index is 13.4. The van der Waals surface area contributed by atoms with Crippen LogP contribution in [0.25, 0.3) is 0 Å². The molecule has 3 heterocycles. The molecule has 2 aromatic rings. The summed E-state index contributed by atoms with van der Waals surface area (Å²) in [5.74, 6) is -0.144. The lowest BCUT2D eigenvalue weighted by Gasteiger charge is -2.28. The van der Waals surface area contributed by atoms with Crippen LogP contribution < -0.4 is 9.64 Å². The molecule has 1 atom stereocenters. The highest BCUT2D eigenvalue weighted by Crippen LogP contribution is 2.31. The van der Waals surface area contributed by atoms with Gasteiger partial charge in [0.1, 0.15) is 5.75 Å². The Kier molecular flexibility index (Phi) is 5.89. The molecule has 7 nitrogen and oxygen atoms in total. The van der Waals surface area contributed by atoms with Gasteiger partial charge in [0.25, 0.3) is 17.7 Å². The van der Waals surface area contributed by atoms with Crippen LogP contribution in [0.2, 0.25) is 0 Å². The van der Waals surface area contributed by atoms with Crippen LogP contribution in [0.1, 0.15) is 63.7 Å². The monoisotopic (exact) mass is 447 g/mol. The fraction of sp³-hybridized carbons (Fsp3) is 0.423. The zero-order valence-corrected chi connectivity index (χ0v) is 19.0. The molecule has 33 heavy (non-hydrogen) atoms. The second kappa shape index (κ2) is 8.98. The van der Waals surface area contributed by atoms with E-state index in [0.29, 0.717) is 29.2 Å². The van der Waals surface area contributed by atoms with Crippen molar-refractivity contribution in [2.45, 2.75) is 38.6 Å². The van der Waals surface area contributed by atoms with Crippen LogP contribution in [-0.2, 0) is 0 Å². The highest BCUT2D eigenvalue weighted by molar-refractivity contribution is 6.34. The summed E-state index contributed by atoms with van der Waals surface area (Å²) in [6.45, 7) is 6.30. The highest BCUT2D eigenvalue weighted by Gasteiger charge is 2.38. The van der Waals surface area contributed by atoms with Crippen LogP contribution >= 0.6 is 0 Å². The van der Waals surface area contributed by atoms with Crippen LogP contribution in [0.5, 0.6) is 5.75 Å². The predicted molar refractivity (Wildman–Crippen MR) is 125 cm³/mol. The fourth-order valence-corrected chi connectivity index (χ4v) is 5.19. The zero-order chi connectivity index (χ0) is 22.9. The van der Waals surface area contributed by atoms with Crippen molar-refractivity contribution in [1.82, 2.24) is 9.80 Å². The summed E-state index contributed by atoms with van der Waals surface area (Å²) < 4.78 is 5.45. The SMILES string of the molecule is CCOc1ccc(N2C(=O)c3ccc(C(=O)N4CCCC4CN4CCCC4)cc3C2=O)cc1. The van der Waals surface area contributed by atoms with Gasteiger partial charge in [0, 0.05) is 24.7 Å². The number of fused-ring (bicyclic) bond motifs is 1. The number of benzene rings is 2. The summed E-state index contributed by atoms with van der Waals surface area (Å²) >= 11 is 0. The number of amides is 3. The normalized spacial score (nSPS) is 20.6. The topological polar surface area (TPSA) is 70.2 Å². The van der Waals surface area contributed by atoms with Crippen LogP contribution in [0, 0.1) is 0 Å². The van der Waals surface area contributed by atoms with Crippen molar-refractivity contribution in [3.05, 3.63) is 59.2 Å². The number of carbonyl (C=O) groups excluding carboxylic acids is 3. The lowest BCUT2D eigenvalue weighted by molar-refractivity contribution is 0.0708. The van der Waals surface area contributed by atoms with E-state index in [1.54, 1.807) is 42.5 Å². The molecule has 3 aliphatic rings. The second-order valence-corrected chi connectivity index (χ2v) is 8.94. The quantitative estimate of drug-likeness (QED) is 0.633. The largest absolute Gasteiger partial charge is 0.494 e. The van der Waals surface area contributed by atoms with Crippen molar-refractivity contribution in [3.63, 3.8) is 0 Å². The third-order valence-corrected chi connectivity index (χ3v) is 6.85. The van der Waals surface area contributed by atoms with E-state index in [-0.39, 0.29) is 23.4 Å². The highest BCUT2D eigenvalue weighted by atomic mass is 16.5. The van der Waals surface area contributed by atoms with Gasteiger partial charge in [0.05, 0.1) is 23.4 Å². The molecule has 0 aromatic heterocycles. The molecule has 3 aliphatic heterocycles. The number of likely N-dealkylation sites (tertiary alicyclic amines) is 2. The summed E-state index contributed by atoms with van der Waals surface area (Å²) in [7, 11) is 0. The molecule has 1 unspecified atom stereocenters. The molecule has 0 N–H and O–H groups in total. The molecule has 0 radical (unpaired) electrons. The third kappa shape index (κ3) is 4.02. The van der Waals surface area contributed by atoms with Crippen molar-refractivity contribution in [2.24, 2.45) is 0 Å². The van der Waals surface area contributed by atoms with E-state index < -0.39 is 5.91 Å². The molecule has 5 rings (SSSR count). The fourth-order valence-electron chi connectivity index (χ4n) is 5.19. The van der Waals surface area contributed by atoms with E-state index in [1.807, 2.05) is 11.8 Å². The number of hydrogen-bond donors (Lipinski definition) is 0. The summed E-state index contributed by atoms with van der Waals surface area (Å²) in [6.07, 6.45) is 4.47. The molecule has 2 aromatic carbocycles. The number of anilines is 1. The lowest BCUT2D eigenvalue weighted by Crippen LogP contribution is -2.42. The van der Waals surface area contributed by atoms with Gasteiger partial charge in [-0.25, -0.2) is 4.90 Å². The zero-order valence-electron chi connectivity index (χ0n) is 19.0. The van der Waals surface area contributed by atoms with Gasteiger partial charge in [0.15, 0.2) is 0 Å². The van der Waals surface area contributed by atoms with E-state index in [0.717, 1.165) is 39.0 Å². The summed E-state index contributed by atoms with van der Waals surface area (Å²) in [4.78, 5) is 45.0. The minimum absolute atomic E-state index is 0.0562. The third-order valence-electron chi connectivity index (χ3n) is 6.85. The van der Waals surface area contributed by atoms with E-state index in [1.165, 1.54) is 17.7 Å². The molecule has 2 fully saturated rings. The second-order valence-electron chi connectivity index (χ2n) is 8.94. The van der Waals surface area contributed by atoms with Gasteiger partial charge in [-0.3, -0.25) is 14.4 Å². The minimum Gasteiger partial charge on any atom is -0.494 e. The van der Waals surface area contributed by atoms with Gasteiger partial charge in [0.2, 0.25) is 0 Å². The lowest BCUT2D eigenvalue weighted by atomic mass is 10.0. The van der Waals surface area contributed by atoms with Gasteiger partial charge < -0.3 is 14.5 Å². The Morgan fingerprint density at radius 2 is 1.67 bits per heavy atom. The summed E-state index contributed by atoms with van der Waals surface area (Å²) in [6, 6.07) is 12.0. The first-order valence-corrected chi connectivity index (χ1v) is 11.9. The van der Waals surface area contributed by atoms with Crippen molar-refractivity contribution in [1.29, 1.82) is 0 Å². The molecule has 0 aliphatic carbocycles. The Morgan fingerprint density at radius 1 is 0.939 bits per heavy atom. The molecule has 172 valence electrons. The predicted octanol–water partition coefficient (Wildman–Crippen LogP) is 3.59. The molecule has 0 saturated carbocycles. The van der Waals surface area contributed by atoms with Crippen LogP contribution in [0.15, 0.2) is 42.5 Å².